The summed E-state index contributed by atoms with van der Waals surface area (Å²) < 4.78 is 7.00. The maximum atomic E-state index is 12.1. The number of hydrogen-bond acceptors (Lipinski definition) is 4. The summed E-state index contributed by atoms with van der Waals surface area (Å²) in [4.78, 5) is 16.2. The monoisotopic (exact) mass is 274 g/mol. The van der Waals surface area contributed by atoms with Crippen molar-refractivity contribution in [2.24, 2.45) is 5.73 Å². The van der Waals surface area contributed by atoms with Crippen LogP contribution in [-0.2, 0) is 6.54 Å². The Labute approximate surface area is 117 Å². The van der Waals surface area contributed by atoms with Crippen LogP contribution in [0.1, 0.15) is 16.1 Å². The van der Waals surface area contributed by atoms with Crippen molar-refractivity contribution >= 4 is 11.6 Å². The number of amides is 1. The van der Waals surface area contributed by atoms with Gasteiger partial charge in [-0.25, -0.2) is 4.98 Å². The van der Waals surface area contributed by atoms with Crippen LogP contribution >= 0.6 is 0 Å². The topological polar surface area (TPSA) is 82.2 Å². The van der Waals surface area contributed by atoms with Crippen LogP contribution in [0.15, 0.2) is 30.7 Å². The summed E-state index contributed by atoms with van der Waals surface area (Å²) in [5.74, 6) is 0.343. The molecule has 0 bridgehead atoms. The smallest absolute Gasteiger partial charge is 0.275 e. The van der Waals surface area contributed by atoms with Crippen molar-refractivity contribution in [1.82, 2.24) is 9.55 Å². The van der Waals surface area contributed by atoms with E-state index in [1.54, 1.807) is 24.2 Å². The third kappa shape index (κ3) is 3.16. The normalized spacial score (nSPS) is 10.3. The first-order valence-corrected chi connectivity index (χ1v) is 6.32. The lowest BCUT2D eigenvalue weighted by Gasteiger charge is -2.10. The molecule has 2 rings (SSSR count). The Balaban J connectivity index is 2.16. The van der Waals surface area contributed by atoms with Crippen LogP contribution in [0.4, 0.5) is 5.69 Å². The van der Waals surface area contributed by atoms with Gasteiger partial charge in [0.25, 0.3) is 5.91 Å². The zero-order valence-corrected chi connectivity index (χ0v) is 11.6. The molecule has 0 fully saturated rings. The Kier molecular flexibility index (Phi) is 4.37. The van der Waals surface area contributed by atoms with E-state index in [1.165, 1.54) is 0 Å². The van der Waals surface area contributed by atoms with Crippen LogP contribution in [0.2, 0.25) is 0 Å². The summed E-state index contributed by atoms with van der Waals surface area (Å²) in [6.07, 6.45) is 3.26. The summed E-state index contributed by atoms with van der Waals surface area (Å²) in [7, 11) is 1.57. The number of aromatic nitrogens is 2. The molecule has 0 unspecified atom stereocenters. The third-order valence-corrected chi connectivity index (χ3v) is 2.86. The van der Waals surface area contributed by atoms with Crippen LogP contribution < -0.4 is 15.8 Å². The number of aryl methyl sites for hydroxylation is 1. The molecule has 3 N–H and O–H groups in total. The van der Waals surface area contributed by atoms with Crippen molar-refractivity contribution in [1.29, 1.82) is 0 Å². The number of nitrogens with two attached hydrogens (primary N) is 1. The zero-order chi connectivity index (χ0) is 14.5. The summed E-state index contributed by atoms with van der Waals surface area (Å²) in [6.45, 7) is 3.09. The van der Waals surface area contributed by atoms with Gasteiger partial charge in [-0.3, -0.25) is 4.79 Å². The number of rotatable bonds is 5. The van der Waals surface area contributed by atoms with E-state index < -0.39 is 0 Å². The third-order valence-electron chi connectivity index (χ3n) is 2.86. The largest absolute Gasteiger partial charge is 0.495 e. The van der Waals surface area contributed by atoms with E-state index in [0.717, 1.165) is 5.56 Å². The number of methoxy groups -OCH3 is 1. The molecule has 1 aromatic heterocycles. The second-order valence-corrected chi connectivity index (χ2v) is 4.44. The summed E-state index contributed by atoms with van der Waals surface area (Å²) >= 11 is 0. The number of benzene rings is 1. The molecular formula is C14H18N4O2. The fraction of sp³-hybridized carbons (Fsp3) is 0.286. The minimum absolute atomic E-state index is 0.273. The van der Waals surface area contributed by atoms with Crippen molar-refractivity contribution in [2.75, 3.05) is 19.0 Å². The van der Waals surface area contributed by atoms with E-state index in [4.69, 9.17) is 10.5 Å². The number of ether oxygens (including phenoxy) is 1. The highest BCUT2D eigenvalue weighted by Crippen LogP contribution is 2.25. The lowest BCUT2D eigenvalue weighted by molar-refractivity contribution is 0.102. The van der Waals surface area contributed by atoms with Gasteiger partial charge in [0.1, 0.15) is 11.4 Å². The average Bonchev–Trinajstić information content (AvgIpc) is 2.88. The number of hydrogen-bond donors (Lipinski definition) is 2. The molecule has 0 aliphatic carbocycles. The average molecular weight is 274 g/mol. The second-order valence-electron chi connectivity index (χ2n) is 4.44. The van der Waals surface area contributed by atoms with Crippen LogP contribution in [0.5, 0.6) is 5.75 Å². The molecule has 106 valence electrons. The van der Waals surface area contributed by atoms with E-state index in [1.807, 2.05) is 25.1 Å². The molecule has 6 heteroatoms. The van der Waals surface area contributed by atoms with Crippen molar-refractivity contribution < 1.29 is 9.53 Å². The highest BCUT2D eigenvalue weighted by molar-refractivity contribution is 6.03. The summed E-state index contributed by atoms with van der Waals surface area (Å²) in [5.41, 5.74) is 7.47. The van der Waals surface area contributed by atoms with Gasteiger partial charge in [-0.05, 0) is 24.6 Å². The van der Waals surface area contributed by atoms with Gasteiger partial charge in [0.05, 0.1) is 19.1 Å². The van der Waals surface area contributed by atoms with Gasteiger partial charge in [-0.1, -0.05) is 6.07 Å². The van der Waals surface area contributed by atoms with Crippen LogP contribution in [-0.4, -0.2) is 29.1 Å². The fourth-order valence-electron chi connectivity index (χ4n) is 1.85. The maximum absolute atomic E-state index is 12.1. The molecule has 1 aromatic carbocycles. The van der Waals surface area contributed by atoms with E-state index >= 15 is 0 Å². The Morgan fingerprint density at radius 3 is 3.00 bits per heavy atom. The predicted octanol–water partition coefficient (Wildman–Crippen LogP) is 1.41. The molecule has 1 heterocycles. The predicted molar refractivity (Wildman–Crippen MR) is 77.0 cm³/mol. The van der Waals surface area contributed by atoms with Gasteiger partial charge in [0.15, 0.2) is 0 Å². The van der Waals surface area contributed by atoms with Gasteiger partial charge in [-0.2, -0.15) is 0 Å². The molecule has 0 radical (unpaired) electrons. The van der Waals surface area contributed by atoms with Crippen LogP contribution in [0.25, 0.3) is 0 Å². The quantitative estimate of drug-likeness (QED) is 0.863. The first-order valence-electron chi connectivity index (χ1n) is 6.32. The zero-order valence-electron chi connectivity index (χ0n) is 11.6. The summed E-state index contributed by atoms with van der Waals surface area (Å²) in [5, 5.41) is 2.80. The molecule has 0 aliphatic heterocycles. The molecule has 0 spiro atoms. The number of anilines is 1. The number of nitrogens with one attached hydrogen (secondary N) is 1. The van der Waals surface area contributed by atoms with Gasteiger partial charge in [0, 0.05) is 19.3 Å². The Hall–Kier alpha value is -2.34. The molecule has 6 nitrogen and oxygen atoms in total. The summed E-state index contributed by atoms with van der Waals surface area (Å²) in [6, 6.07) is 5.59. The molecule has 0 saturated heterocycles. The number of carbonyl (C=O) groups excluding carboxylic acids is 1. The number of imidazole rings is 1. The maximum Gasteiger partial charge on any atom is 0.275 e. The molecule has 2 aromatic rings. The Morgan fingerprint density at radius 2 is 2.30 bits per heavy atom. The highest BCUT2D eigenvalue weighted by atomic mass is 16.5. The van der Waals surface area contributed by atoms with Crippen molar-refractivity contribution in [3.63, 3.8) is 0 Å². The van der Waals surface area contributed by atoms with Gasteiger partial charge in [0.2, 0.25) is 0 Å². The van der Waals surface area contributed by atoms with Crippen molar-refractivity contribution in [3.8, 4) is 5.75 Å². The van der Waals surface area contributed by atoms with E-state index in [-0.39, 0.29) is 5.91 Å². The first kappa shape index (κ1) is 14.1. The lowest BCUT2D eigenvalue weighted by atomic mass is 10.2. The SMILES string of the molecule is COc1ccc(C)cc1NC(=O)c1cn(CCN)cn1. The number of nitrogens with zero attached hydrogens (tertiary/aromatic N) is 2. The molecular weight excluding hydrogens is 256 g/mol. The van der Waals surface area contributed by atoms with Crippen LogP contribution in [0, 0.1) is 6.92 Å². The van der Waals surface area contributed by atoms with Crippen molar-refractivity contribution in [2.45, 2.75) is 13.5 Å². The van der Waals surface area contributed by atoms with Gasteiger partial charge in [-0.15, -0.1) is 0 Å². The van der Waals surface area contributed by atoms with Crippen LogP contribution in [0.3, 0.4) is 0 Å². The molecule has 1 amide bonds. The first-order chi connectivity index (χ1) is 9.63. The van der Waals surface area contributed by atoms with E-state index in [9.17, 15) is 4.79 Å². The molecule has 20 heavy (non-hydrogen) atoms. The minimum Gasteiger partial charge on any atom is -0.495 e. The number of carbonyl (C=O) groups is 1. The Bertz CT molecular complexity index is 607. The van der Waals surface area contributed by atoms with Crippen molar-refractivity contribution in [3.05, 3.63) is 42.0 Å². The molecule has 0 aliphatic rings. The standard InChI is InChI=1S/C14H18N4O2/c1-10-3-4-13(20-2)11(7-10)17-14(19)12-8-18(6-5-15)9-16-12/h3-4,7-9H,5-6,15H2,1-2H3,(H,17,19). The lowest BCUT2D eigenvalue weighted by Crippen LogP contribution is -2.13. The second kappa shape index (κ2) is 6.21. The van der Waals surface area contributed by atoms with Gasteiger partial charge >= 0.3 is 0 Å². The van der Waals surface area contributed by atoms with E-state index in [2.05, 4.69) is 10.3 Å². The molecule has 0 saturated carbocycles. The Morgan fingerprint density at radius 1 is 1.50 bits per heavy atom. The molecule has 0 atom stereocenters. The van der Waals surface area contributed by atoms with Gasteiger partial charge < -0.3 is 20.4 Å². The minimum atomic E-state index is -0.273. The fourth-order valence-corrected chi connectivity index (χ4v) is 1.85. The van der Waals surface area contributed by atoms with E-state index in [0.29, 0.717) is 30.2 Å². The highest BCUT2D eigenvalue weighted by Gasteiger charge is 2.12.